The molecule has 1 amide bonds. The number of hydrogen-bond acceptors (Lipinski definition) is 2. The molecule has 0 aromatic carbocycles. The highest BCUT2D eigenvalue weighted by atomic mass is 16.5. The summed E-state index contributed by atoms with van der Waals surface area (Å²) in [5.41, 5.74) is 1.53. The van der Waals surface area contributed by atoms with Crippen molar-refractivity contribution in [2.45, 2.75) is 39.0 Å². The molecule has 0 aromatic rings. The van der Waals surface area contributed by atoms with Crippen molar-refractivity contribution in [1.82, 2.24) is 5.32 Å². The van der Waals surface area contributed by atoms with E-state index in [1.54, 1.807) is 6.92 Å². The van der Waals surface area contributed by atoms with E-state index in [4.69, 9.17) is 4.74 Å². The topological polar surface area (TPSA) is 38.3 Å². The smallest absolute Gasteiger partial charge is 0.407 e. The van der Waals surface area contributed by atoms with E-state index in [0.717, 1.165) is 0 Å². The summed E-state index contributed by atoms with van der Waals surface area (Å²) in [6.45, 7) is 2.74. The van der Waals surface area contributed by atoms with Gasteiger partial charge in [-0.1, -0.05) is 30.2 Å². The molecular formula is C13H21NO2. The molecule has 0 unspecified atom stereocenters. The number of allylic oxidation sites excluding steroid dienone is 3. The molecule has 3 heteroatoms. The highest BCUT2D eigenvalue weighted by molar-refractivity contribution is 5.67. The molecule has 1 rings (SSSR count). The second kappa shape index (κ2) is 7.97. The number of carbonyl (C=O) groups is 1. The summed E-state index contributed by atoms with van der Waals surface area (Å²) >= 11 is 0. The van der Waals surface area contributed by atoms with E-state index in [9.17, 15) is 4.79 Å². The molecule has 0 bridgehead atoms. The Kier molecular flexibility index (Phi) is 6.38. The Bertz CT molecular complexity index is 261. The third-order valence-electron chi connectivity index (χ3n) is 2.60. The highest BCUT2D eigenvalue weighted by Crippen LogP contribution is 2.22. The van der Waals surface area contributed by atoms with Gasteiger partial charge in [-0.05, 0) is 32.6 Å². The molecule has 0 radical (unpaired) electrons. The van der Waals surface area contributed by atoms with Crippen LogP contribution >= 0.6 is 0 Å². The summed E-state index contributed by atoms with van der Waals surface area (Å²) in [6.07, 6.45) is 12.3. The van der Waals surface area contributed by atoms with Crippen LogP contribution in [-0.4, -0.2) is 19.2 Å². The van der Waals surface area contributed by atoms with Gasteiger partial charge in [-0.25, -0.2) is 4.79 Å². The minimum absolute atomic E-state index is 0.350. The Hall–Kier alpha value is -1.25. The average molecular weight is 223 g/mol. The van der Waals surface area contributed by atoms with Gasteiger partial charge in [0.15, 0.2) is 0 Å². The molecule has 0 atom stereocenters. The zero-order valence-electron chi connectivity index (χ0n) is 10.00. The van der Waals surface area contributed by atoms with Gasteiger partial charge in [-0.2, -0.15) is 0 Å². The van der Waals surface area contributed by atoms with Crippen LogP contribution in [0.15, 0.2) is 23.8 Å². The fraction of sp³-hybridized carbons (Fsp3) is 0.615. The van der Waals surface area contributed by atoms with Crippen LogP contribution < -0.4 is 5.32 Å². The molecule has 1 aliphatic rings. The molecule has 90 valence electrons. The Labute approximate surface area is 97.6 Å². The van der Waals surface area contributed by atoms with Crippen LogP contribution in [0.2, 0.25) is 0 Å². The van der Waals surface area contributed by atoms with Gasteiger partial charge in [0, 0.05) is 6.54 Å². The number of hydrogen-bond donors (Lipinski definition) is 1. The van der Waals surface area contributed by atoms with E-state index in [1.807, 2.05) is 12.2 Å². The van der Waals surface area contributed by atoms with Crippen LogP contribution in [0.25, 0.3) is 0 Å². The number of nitrogens with one attached hydrogen (secondary N) is 1. The standard InChI is InChI=1S/C13H21NO2/c1-2-16-13(15)14-11-7-6-10-12-8-4-3-5-9-12/h6-7,10H,2-5,8-9,11H2,1H3,(H,14,15)/b7-6+. The zero-order chi connectivity index (χ0) is 11.6. The van der Waals surface area contributed by atoms with Crippen LogP contribution in [0, 0.1) is 0 Å². The summed E-state index contributed by atoms with van der Waals surface area (Å²) < 4.78 is 4.74. The predicted molar refractivity (Wildman–Crippen MR) is 65.3 cm³/mol. The molecule has 16 heavy (non-hydrogen) atoms. The molecule has 1 saturated carbocycles. The quantitative estimate of drug-likeness (QED) is 0.795. The molecule has 0 heterocycles. The maximum absolute atomic E-state index is 10.9. The first-order chi connectivity index (χ1) is 7.83. The monoisotopic (exact) mass is 223 g/mol. The lowest BCUT2D eigenvalue weighted by Crippen LogP contribution is -2.24. The largest absolute Gasteiger partial charge is 0.450 e. The number of ether oxygens (including phenoxy) is 1. The molecule has 1 fully saturated rings. The van der Waals surface area contributed by atoms with E-state index in [-0.39, 0.29) is 6.09 Å². The summed E-state index contributed by atoms with van der Waals surface area (Å²) in [5.74, 6) is 0. The minimum atomic E-state index is -0.350. The Balaban J connectivity index is 2.14. The third kappa shape index (κ3) is 5.59. The second-order valence-electron chi connectivity index (χ2n) is 3.92. The minimum Gasteiger partial charge on any atom is -0.450 e. The summed E-state index contributed by atoms with van der Waals surface area (Å²) in [7, 11) is 0. The van der Waals surface area contributed by atoms with Crippen molar-refractivity contribution in [3.63, 3.8) is 0 Å². The van der Waals surface area contributed by atoms with E-state index in [2.05, 4.69) is 11.4 Å². The number of alkyl carbamates (subject to hydrolysis) is 1. The van der Waals surface area contributed by atoms with Crippen molar-refractivity contribution >= 4 is 6.09 Å². The van der Waals surface area contributed by atoms with Gasteiger partial charge >= 0.3 is 6.09 Å². The van der Waals surface area contributed by atoms with Crippen molar-refractivity contribution < 1.29 is 9.53 Å². The lowest BCUT2D eigenvalue weighted by atomic mass is 9.95. The van der Waals surface area contributed by atoms with Gasteiger partial charge in [0.1, 0.15) is 0 Å². The number of amides is 1. The number of carbonyl (C=O) groups excluding carboxylic acids is 1. The van der Waals surface area contributed by atoms with E-state index >= 15 is 0 Å². The first kappa shape index (κ1) is 12.8. The first-order valence-electron chi connectivity index (χ1n) is 6.08. The third-order valence-corrected chi connectivity index (χ3v) is 2.60. The maximum Gasteiger partial charge on any atom is 0.407 e. The summed E-state index contributed by atoms with van der Waals surface area (Å²) in [5, 5.41) is 2.64. The normalized spacial score (nSPS) is 16.2. The van der Waals surface area contributed by atoms with Crippen molar-refractivity contribution in [2.24, 2.45) is 0 Å². The van der Waals surface area contributed by atoms with Gasteiger partial charge in [0.2, 0.25) is 0 Å². The number of rotatable bonds is 4. The van der Waals surface area contributed by atoms with Gasteiger partial charge in [0.25, 0.3) is 0 Å². The van der Waals surface area contributed by atoms with Crippen LogP contribution in [0.1, 0.15) is 39.0 Å². The van der Waals surface area contributed by atoms with Gasteiger partial charge in [0.05, 0.1) is 6.61 Å². The van der Waals surface area contributed by atoms with Gasteiger partial charge < -0.3 is 10.1 Å². The summed E-state index contributed by atoms with van der Waals surface area (Å²) in [4.78, 5) is 10.9. The molecular weight excluding hydrogens is 202 g/mol. The van der Waals surface area contributed by atoms with Crippen molar-refractivity contribution in [3.8, 4) is 0 Å². The second-order valence-corrected chi connectivity index (χ2v) is 3.92. The highest BCUT2D eigenvalue weighted by Gasteiger charge is 2.03. The van der Waals surface area contributed by atoms with Crippen molar-refractivity contribution in [3.05, 3.63) is 23.8 Å². The van der Waals surface area contributed by atoms with E-state index in [1.165, 1.54) is 37.7 Å². The van der Waals surface area contributed by atoms with Crippen LogP contribution in [0.5, 0.6) is 0 Å². The van der Waals surface area contributed by atoms with Crippen LogP contribution in [0.4, 0.5) is 4.79 Å². The van der Waals surface area contributed by atoms with Crippen LogP contribution in [-0.2, 0) is 4.74 Å². The maximum atomic E-state index is 10.9. The van der Waals surface area contributed by atoms with Gasteiger partial charge in [-0.3, -0.25) is 0 Å². The molecule has 1 aliphatic carbocycles. The Morgan fingerprint density at radius 2 is 2.12 bits per heavy atom. The summed E-state index contributed by atoms with van der Waals surface area (Å²) in [6, 6.07) is 0. The molecule has 1 N–H and O–H groups in total. The Morgan fingerprint density at radius 1 is 1.38 bits per heavy atom. The van der Waals surface area contributed by atoms with Crippen molar-refractivity contribution in [1.29, 1.82) is 0 Å². The Morgan fingerprint density at radius 3 is 2.81 bits per heavy atom. The van der Waals surface area contributed by atoms with Crippen LogP contribution in [0.3, 0.4) is 0 Å². The first-order valence-corrected chi connectivity index (χ1v) is 6.08. The van der Waals surface area contributed by atoms with Gasteiger partial charge in [-0.15, -0.1) is 0 Å². The fourth-order valence-corrected chi connectivity index (χ4v) is 1.77. The zero-order valence-corrected chi connectivity index (χ0v) is 10.00. The van der Waals surface area contributed by atoms with E-state index in [0.29, 0.717) is 13.2 Å². The fourth-order valence-electron chi connectivity index (χ4n) is 1.77. The lowest BCUT2D eigenvalue weighted by Gasteiger charge is -2.12. The molecule has 0 saturated heterocycles. The molecule has 0 spiro atoms. The molecule has 3 nitrogen and oxygen atoms in total. The average Bonchev–Trinajstić information content (AvgIpc) is 2.30. The van der Waals surface area contributed by atoms with E-state index < -0.39 is 0 Å². The van der Waals surface area contributed by atoms with Crippen molar-refractivity contribution in [2.75, 3.05) is 13.2 Å². The lowest BCUT2D eigenvalue weighted by molar-refractivity contribution is 0.153. The molecule has 0 aromatic heterocycles. The SMILES string of the molecule is CCOC(=O)NC/C=C/C=C1CCCCC1. The predicted octanol–water partition coefficient (Wildman–Crippen LogP) is 3.18. The molecule has 0 aliphatic heterocycles.